The number of nitrogens with zero attached hydrogens (tertiary/aromatic N) is 1. The molecule has 8 heteroatoms. The van der Waals surface area contributed by atoms with Gasteiger partial charge in [-0.15, -0.1) is 0 Å². The van der Waals surface area contributed by atoms with Crippen molar-refractivity contribution in [1.29, 1.82) is 0 Å². The Morgan fingerprint density at radius 1 is 0.935 bits per heavy atom. The highest BCUT2D eigenvalue weighted by Crippen LogP contribution is 2.21. The van der Waals surface area contributed by atoms with Crippen LogP contribution < -0.4 is 5.32 Å². The number of alkyl carbamates (subject to hydrolysis) is 1. The number of hydrogen-bond acceptors (Lipinski definition) is 7. The molecule has 0 unspecified atom stereocenters. The molecule has 1 rings (SSSR count). The Balaban J connectivity index is 1.93. The first-order valence-corrected chi connectivity index (χ1v) is 11.0. The van der Waals surface area contributed by atoms with Crippen LogP contribution >= 0.6 is 0 Å². The summed E-state index contributed by atoms with van der Waals surface area (Å²) < 4.78 is 15.4. The lowest BCUT2D eigenvalue weighted by Crippen LogP contribution is -2.32. The first-order valence-electron chi connectivity index (χ1n) is 11.0. The molecule has 1 N–H and O–H groups in total. The van der Waals surface area contributed by atoms with Gasteiger partial charge < -0.3 is 19.5 Å². The van der Waals surface area contributed by atoms with E-state index in [1.54, 1.807) is 12.4 Å². The van der Waals surface area contributed by atoms with Gasteiger partial charge in [-0.1, -0.05) is 6.92 Å². The first-order chi connectivity index (χ1) is 14.8. The summed E-state index contributed by atoms with van der Waals surface area (Å²) in [6, 6.07) is 3.90. The number of aryl methyl sites for hydroxylation is 1. The van der Waals surface area contributed by atoms with Crippen LogP contribution in [0.3, 0.4) is 0 Å². The molecule has 1 aromatic heterocycles. The van der Waals surface area contributed by atoms with Gasteiger partial charge in [-0.05, 0) is 70.1 Å². The molecule has 0 aliphatic heterocycles. The lowest BCUT2D eigenvalue weighted by Gasteiger charge is -2.20. The molecule has 0 saturated carbocycles. The minimum absolute atomic E-state index is 0.113. The van der Waals surface area contributed by atoms with Gasteiger partial charge in [-0.2, -0.15) is 0 Å². The van der Waals surface area contributed by atoms with Crippen LogP contribution in [-0.4, -0.2) is 49.4 Å². The number of unbranched alkanes of at least 4 members (excludes halogenated alkanes) is 2. The molecule has 31 heavy (non-hydrogen) atoms. The van der Waals surface area contributed by atoms with Crippen LogP contribution in [0.1, 0.15) is 64.9 Å². The molecule has 174 valence electrons. The van der Waals surface area contributed by atoms with Crippen molar-refractivity contribution in [2.45, 2.75) is 65.7 Å². The fourth-order valence-electron chi connectivity index (χ4n) is 2.48. The highest BCUT2D eigenvalue weighted by molar-refractivity contribution is 5.75. The molecule has 0 atom stereocenters. The van der Waals surface area contributed by atoms with Crippen LogP contribution in [0, 0.1) is 5.41 Å². The molecule has 0 saturated heterocycles. The van der Waals surface area contributed by atoms with Crippen molar-refractivity contribution in [3.05, 3.63) is 30.1 Å². The average molecular weight is 437 g/mol. The Morgan fingerprint density at radius 2 is 1.65 bits per heavy atom. The van der Waals surface area contributed by atoms with Gasteiger partial charge in [-0.3, -0.25) is 14.6 Å². The quantitative estimate of drug-likeness (QED) is 0.253. The topological polar surface area (TPSA) is 104 Å². The third-order valence-corrected chi connectivity index (χ3v) is 4.92. The van der Waals surface area contributed by atoms with E-state index in [9.17, 15) is 14.4 Å². The highest BCUT2D eigenvalue weighted by Gasteiger charge is 2.26. The first kappa shape index (κ1) is 26.4. The maximum absolute atomic E-state index is 11.8. The average Bonchev–Trinajstić information content (AvgIpc) is 2.77. The molecule has 0 aliphatic rings. The highest BCUT2D eigenvalue weighted by atomic mass is 16.6. The van der Waals surface area contributed by atoms with E-state index in [1.165, 1.54) is 5.56 Å². The van der Waals surface area contributed by atoms with Crippen molar-refractivity contribution in [2.75, 3.05) is 26.4 Å². The largest absolute Gasteiger partial charge is 0.466 e. The number of ether oxygens (including phenoxy) is 3. The normalized spacial score (nSPS) is 10.9. The molecular weight excluding hydrogens is 400 g/mol. The van der Waals surface area contributed by atoms with Gasteiger partial charge >= 0.3 is 18.0 Å². The Kier molecular flexibility index (Phi) is 12.9. The number of nitrogens with one attached hydrogen (secondary N) is 1. The third-order valence-electron chi connectivity index (χ3n) is 4.92. The van der Waals surface area contributed by atoms with Crippen LogP contribution in [-0.2, 0) is 30.2 Å². The fourth-order valence-corrected chi connectivity index (χ4v) is 2.48. The number of pyridine rings is 1. The molecule has 0 spiro atoms. The summed E-state index contributed by atoms with van der Waals surface area (Å²) in [5.41, 5.74) is 0.657. The van der Waals surface area contributed by atoms with Crippen LogP contribution in [0.2, 0.25) is 0 Å². The van der Waals surface area contributed by atoms with Crippen molar-refractivity contribution in [1.82, 2.24) is 10.3 Å². The van der Waals surface area contributed by atoms with Crippen molar-refractivity contribution in [3.63, 3.8) is 0 Å². The summed E-state index contributed by atoms with van der Waals surface area (Å²) in [4.78, 5) is 39.0. The van der Waals surface area contributed by atoms with Crippen molar-refractivity contribution >= 4 is 18.0 Å². The summed E-state index contributed by atoms with van der Waals surface area (Å²) >= 11 is 0. The molecule has 8 nitrogen and oxygen atoms in total. The molecule has 1 heterocycles. The zero-order chi connectivity index (χ0) is 23.0. The minimum Gasteiger partial charge on any atom is -0.466 e. The Labute approximate surface area is 185 Å². The zero-order valence-electron chi connectivity index (χ0n) is 19.0. The monoisotopic (exact) mass is 436 g/mol. The molecule has 0 aromatic carbocycles. The summed E-state index contributed by atoms with van der Waals surface area (Å²) in [5, 5.41) is 2.54. The van der Waals surface area contributed by atoms with Crippen LogP contribution in [0.5, 0.6) is 0 Å². The third kappa shape index (κ3) is 12.6. The number of aromatic nitrogens is 1. The van der Waals surface area contributed by atoms with Gasteiger partial charge in [0, 0.05) is 18.8 Å². The van der Waals surface area contributed by atoms with E-state index in [4.69, 9.17) is 14.2 Å². The summed E-state index contributed by atoms with van der Waals surface area (Å²) in [6.45, 7) is 6.57. The number of carbonyl (C=O) groups excluding carboxylic acids is 3. The summed E-state index contributed by atoms with van der Waals surface area (Å²) in [5.74, 6) is -0.480. The predicted octanol–water partition coefficient (Wildman–Crippen LogP) is 3.82. The number of amides is 1. The predicted molar refractivity (Wildman–Crippen MR) is 116 cm³/mol. The smallest absolute Gasteiger partial charge is 0.407 e. The van der Waals surface area contributed by atoms with E-state index in [0.717, 1.165) is 19.3 Å². The summed E-state index contributed by atoms with van der Waals surface area (Å²) in [6.07, 6.45) is 7.78. The molecule has 0 fully saturated rings. The van der Waals surface area contributed by atoms with Crippen LogP contribution in [0.4, 0.5) is 4.79 Å². The number of esters is 2. The Bertz CT molecular complexity index is 663. The SMILES string of the molecule is CCC(C)(C)C(=O)OCCNC(=O)OCCCCCC(=O)OCCCc1ccncc1. The minimum atomic E-state index is -0.542. The van der Waals surface area contributed by atoms with E-state index in [0.29, 0.717) is 32.3 Å². The van der Waals surface area contributed by atoms with Gasteiger partial charge in [-0.25, -0.2) is 4.79 Å². The Hall–Kier alpha value is -2.64. The van der Waals surface area contributed by atoms with E-state index < -0.39 is 11.5 Å². The Morgan fingerprint density at radius 3 is 2.35 bits per heavy atom. The molecular formula is C23H36N2O6. The fraction of sp³-hybridized carbons (Fsp3) is 0.652. The second kappa shape index (κ2) is 15.2. The summed E-state index contributed by atoms with van der Waals surface area (Å²) in [7, 11) is 0. The second-order valence-electron chi connectivity index (χ2n) is 7.93. The van der Waals surface area contributed by atoms with E-state index >= 15 is 0 Å². The van der Waals surface area contributed by atoms with Crippen molar-refractivity contribution in [2.24, 2.45) is 5.41 Å². The number of rotatable bonds is 15. The maximum Gasteiger partial charge on any atom is 0.407 e. The van der Waals surface area contributed by atoms with E-state index in [1.807, 2.05) is 32.9 Å². The van der Waals surface area contributed by atoms with Crippen molar-refractivity contribution in [3.8, 4) is 0 Å². The van der Waals surface area contributed by atoms with Crippen LogP contribution in [0.25, 0.3) is 0 Å². The lowest BCUT2D eigenvalue weighted by molar-refractivity contribution is -0.154. The number of hydrogen-bond donors (Lipinski definition) is 1. The zero-order valence-corrected chi connectivity index (χ0v) is 19.0. The van der Waals surface area contributed by atoms with Crippen molar-refractivity contribution < 1.29 is 28.6 Å². The molecule has 0 radical (unpaired) electrons. The van der Waals surface area contributed by atoms with E-state index in [2.05, 4.69) is 10.3 Å². The van der Waals surface area contributed by atoms with Gasteiger partial charge in [0.1, 0.15) is 6.61 Å². The lowest BCUT2D eigenvalue weighted by atomic mass is 9.91. The second-order valence-corrected chi connectivity index (χ2v) is 7.93. The standard InChI is InChI=1S/C23H36N2O6/c1-4-23(2,3)21(27)30-18-15-25-22(28)31-16-7-5-6-10-20(26)29-17-8-9-19-11-13-24-14-12-19/h11-14H,4-10,15-18H2,1-3H3,(H,25,28). The van der Waals surface area contributed by atoms with Gasteiger partial charge in [0.2, 0.25) is 0 Å². The van der Waals surface area contributed by atoms with Gasteiger partial charge in [0.25, 0.3) is 0 Å². The molecule has 0 aliphatic carbocycles. The van der Waals surface area contributed by atoms with Gasteiger partial charge in [0.05, 0.1) is 25.2 Å². The van der Waals surface area contributed by atoms with E-state index in [-0.39, 0.29) is 31.7 Å². The number of carbonyl (C=O) groups is 3. The molecule has 0 bridgehead atoms. The molecule has 1 aromatic rings. The van der Waals surface area contributed by atoms with Crippen LogP contribution in [0.15, 0.2) is 24.5 Å². The molecule has 1 amide bonds. The maximum atomic E-state index is 11.8. The van der Waals surface area contributed by atoms with Gasteiger partial charge in [0.15, 0.2) is 0 Å².